The van der Waals surface area contributed by atoms with E-state index in [-0.39, 0.29) is 0 Å². The van der Waals surface area contributed by atoms with Crippen LogP contribution in [0.5, 0.6) is 0 Å². The molecule has 0 aliphatic rings. The molecule has 0 saturated heterocycles. The van der Waals surface area contributed by atoms with Crippen molar-refractivity contribution in [2.75, 3.05) is 60.0 Å². The Hall–Kier alpha value is 1.31. The lowest BCUT2D eigenvalue weighted by Gasteiger charge is -1.81. The molecule has 0 spiro atoms. The molecule has 0 aromatic heterocycles. The fourth-order valence-corrected chi connectivity index (χ4v) is 0. The zero-order valence-corrected chi connectivity index (χ0v) is 18.8. The first kappa shape index (κ1) is 33.8. The van der Waals surface area contributed by atoms with Gasteiger partial charge in [-0.05, 0) is 60.0 Å². The monoisotopic (exact) mass is 408 g/mol. The molecule has 0 aliphatic carbocycles. The number of rotatable bonds is 0. The zero-order chi connectivity index (χ0) is 18.8. The van der Waals surface area contributed by atoms with E-state index in [4.69, 9.17) is 31.9 Å². The van der Waals surface area contributed by atoms with E-state index in [0.717, 1.165) is 0 Å². The Morgan fingerprint density at radius 2 is 0.667 bits per heavy atom. The standard InChI is InChI=1S/3C3H9P.H2O4S.H3O3P/c3*1-4(2)3;1-5(2,3)4;1-4(2)3/h3*1-3H3;(H2,1,2,3,4);4H,(H2,1,2,3). The van der Waals surface area contributed by atoms with Crippen LogP contribution in [0.15, 0.2) is 0 Å². The van der Waals surface area contributed by atoms with E-state index in [1.165, 1.54) is 0 Å². The molecule has 0 amide bonds. The highest BCUT2D eigenvalue weighted by molar-refractivity contribution is 7.79. The second-order valence-corrected chi connectivity index (χ2v) is 14.3. The van der Waals surface area contributed by atoms with Crippen LogP contribution in [0.4, 0.5) is 0 Å². The molecular formula is C9H32O7P4S. The molecule has 0 unspecified atom stereocenters. The van der Waals surface area contributed by atoms with Crippen molar-refractivity contribution in [3.8, 4) is 0 Å². The largest absolute Gasteiger partial charge is 0.394 e. The summed E-state index contributed by atoms with van der Waals surface area (Å²) in [6.07, 6.45) is 0. The Balaban J connectivity index is -0.0000000510. The molecule has 4 N–H and O–H groups in total. The highest BCUT2D eigenvalue weighted by atomic mass is 32.3. The Kier molecular flexibility index (Phi) is 38.0. The van der Waals surface area contributed by atoms with Gasteiger partial charge in [0, 0.05) is 0 Å². The second-order valence-electron chi connectivity index (χ2n) is 4.76. The van der Waals surface area contributed by atoms with Crippen LogP contribution in [0.3, 0.4) is 0 Å². The quantitative estimate of drug-likeness (QED) is 0.358. The topological polar surface area (TPSA) is 132 Å². The maximum Gasteiger partial charge on any atom is 0.394 e. The van der Waals surface area contributed by atoms with Gasteiger partial charge >= 0.3 is 18.7 Å². The van der Waals surface area contributed by atoms with E-state index in [9.17, 15) is 0 Å². The van der Waals surface area contributed by atoms with Crippen molar-refractivity contribution in [3.63, 3.8) is 0 Å². The van der Waals surface area contributed by atoms with E-state index in [1.807, 2.05) is 0 Å². The molecule has 0 aromatic rings. The maximum absolute atomic E-state index is 8.74. The summed E-state index contributed by atoms with van der Waals surface area (Å²) in [4.78, 5) is 14.3. The van der Waals surface area contributed by atoms with E-state index in [2.05, 4.69) is 60.0 Å². The highest BCUT2D eigenvalue weighted by Crippen LogP contribution is 2.15. The van der Waals surface area contributed by atoms with Crippen LogP contribution in [0.1, 0.15) is 0 Å². The molecule has 0 fully saturated rings. The molecular weight excluding hydrogens is 376 g/mol. The van der Waals surface area contributed by atoms with Crippen LogP contribution in [0, 0.1) is 0 Å². The van der Waals surface area contributed by atoms with Crippen LogP contribution < -0.4 is 0 Å². The number of hydrogen-bond acceptors (Lipinski definition) is 3. The second kappa shape index (κ2) is 23.6. The molecule has 0 rings (SSSR count). The van der Waals surface area contributed by atoms with Crippen LogP contribution in [-0.4, -0.2) is 87.3 Å². The summed E-state index contributed by atoms with van der Waals surface area (Å²) in [7, 11) is -6.66. The molecule has 0 aromatic carbocycles. The fraction of sp³-hybridized carbons (Fsp3) is 1.00. The van der Waals surface area contributed by atoms with E-state index in [1.54, 1.807) is 0 Å². The predicted molar refractivity (Wildman–Crippen MR) is 102 cm³/mol. The maximum atomic E-state index is 8.74. The summed E-state index contributed by atoms with van der Waals surface area (Å²) in [6, 6.07) is 0. The first-order valence-corrected chi connectivity index (χ1v) is 16.1. The van der Waals surface area contributed by atoms with Crippen molar-refractivity contribution in [3.05, 3.63) is 0 Å². The summed E-state index contributed by atoms with van der Waals surface area (Å²) in [5.41, 5.74) is 0. The van der Waals surface area contributed by atoms with Gasteiger partial charge < -0.3 is 9.79 Å². The normalized spacial score (nSPS) is 9.57. The predicted octanol–water partition coefficient (Wildman–Crippen LogP) is 2.78. The van der Waals surface area contributed by atoms with Crippen LogP contribution in [0.2, 0.25) is 0 Å². The first-order valence-electron chi connectivity index (χ1n) is 5.37. The summed E-state index contributed by atoms with van der Waals surface area (Å²) in [5, 5.41) is 0. The van der Waals surface area contributed by atoms with E-state index < -0.39 is 18.7 Å². The fourth-order valence-electron chi connectivity index (χ4n) is 0. The van der Waals surface area contributed by atoms with Crippen LogP contribution in [0.25, 0.3) is 0 Å². The first-order chi connectivity index (χ1) is 8.93. The minimum absolute atomic E-state index is 0.380. The zero-order valence-electron chi connectivity index (χ0n) is 14.3. The van der Waals surface area contributed by atoms with Gasteiger partial charge in [0.25, 0.3) is 0 Å². The molecule has 21 heavy (non-hydrogen) atoms. The molecule has 0 heterocycles. The molecule has 0 bridgehead atoms. The Labute approximate surface area is 134 Å². The molecule has 0 radical (unpaired) electrons. The lowest BCUT2D eigenvalue weighted by atomic mass is 11.9. The third-order valence-electron chi connectivity index (χ3n) is 0. The lowest BCUT2D eigenvalue weighted by molar-refractivity contribution is 0.380. The summed E-state index contributed by atoms with van der Waals surface area (Å²) in [5.74, 6) is 0. The lowest BCUT2D eigenvalue weighted by Crippen LogP contribution is -1.89. The van der Waals surface area contributed by atoms with Gasteiger partial charge in [0.1, 0.15) is 0 Å². The molecule has 0 atom stereocenters. The van der Waals surface area contributed by atoms with Gasteiger partial charge in [-0.3, -0.25) is 13.7 Å². The van der Waals surface area contributed by atoms with Gasteiger partial charge in [-0.2, -0.15) is 8.42 Å². The molecule has 0 aliphatic heterocycles. The van der Waals surface area contributed by atoms with Gasteiger partial charge in [0.2, 0.25) is 0 Å². The third kappa shape index (κ3) is 4630. The average Bonchev–Trinajstić information content (AvgIpc) is 1.91. The van der Waals surface area contributed by atoms with Gasteiger partial charge in [-0.1, -0.05) is 0 Å². The van der Waals surface area contributed by atoms with Gasteiger partial charge in [-0.15, -0.1) is 23.8 Å². The highest BCUT2D eigenvalue weighted by Gasteiger charge is 1.84. The van der Waals surface area contributed by atoms with Crippen LogP contribution >= 0.6 is 32.0 Å². The Morgan fingerprint density at radius 1 is 0.667 bits per heavy atom. The van der Waals surface area contributed by atoms with Gasteiger partial charge in [0.05, 0.1) is 0 Å². The SMILES string of the molecule is CP(C)C.CP(C)C.CP(C)C.O=S(=O)(O)O.O=[PH](O)O. The number of hydrogen-bond donors (Lipinski definition) is 4. The van der Waals surface area contributed by atoms with Crippen molar-refractivity contribution < 1.29 is 31.9 Å². The summed E-state index contributed by atoms with van der Waals surface area (Å²) in [6.45, 7) is 20.1. The Bertz CT molecular complexity index is 260. The molecule has 0 saturated carbocycles. The summed E-state index contributed by atoms with van der Waals surface area (Å²) < 4.78 is 40.3. The van der Waals surface area contributed by atoms with Crippen molar-refractivity contribution in [1.82, 2.24) is 0 Å². The van der Waals surface area contributed by atoms with Gasteiger partial charge in [-0.25, -0.2) is 0 Å². The molecule has 12 heteroatoms. The van der Waals surface area contributed by atoms with Crippen LogP contribution in [-0.2, 0) is 15.0 Å². The van der Waals surface area contributed by atoms with E-state index >= 15 is 0 Å². The minimum atomic E-state index is -4.67. The smallest absolute Gasteiger partial charge is 0.326 e. The summed E-state index contributed by atoms with van der Waals surface area (Å²) >= 11 is 0. The average molecular weight is 408 g/mol. The Morgan fingerprint density at radius 3 is 0.667 bits per heavy atom. The van der Waals surface area contributed by atoms with Crippen molar-refractivity contribution >= 4 is 42.4 Å². The van der Waals surface area contributed by atoms with Gasteiger partial charge in [0.15, 0.2) is 0 Å². The minimum Gasteiger partial charge on any atom is -0.326 e. The molecule has 7 nitrogen and oxygen atoms in total. The third-order valence-corrected chi connectivity index (χ3v) is 0. The van der Waals surface area contributed by atoms with Crippen molar-refractivity contribution in [2.24, 2.45) is 0 Å². The molecule has 136 valence electrons. The van der Waals surface area contributed by atoms with E-state index in [0.29, 0.717) is 23.8 Å². The van der Waals surface area contributed by atoms with Crippen molar-refractivity contribution in [2.45, 2.75) is 0 Å². The van der Waals surface area contributed by atoms with Crippen molar-refractivity contribution in [1.29, 1.82) is 0 Å².